The van der Waals surface area contributed by atoms with Crippen LogP contribution in [0.3, 0.4) is 0 Å². The van der Waals surface area contributed by atoms with Gasteiger partial charge >= 0.3 is 0 Å². The van der Waals surface area contributed by atoms with Crippen molar-refractivity contribution in [1.82, 2.24) is 10.6 Å². The lowest BCUT2D eigenvalue weighted by atomic mass is 9.98. The van der Waals surface area contributed by atoms with Crippen LogP contribution in [0.4, 0.5) is 5.69 Å². The van der Waals surface area contributed by atoms with Crippen LogP contribution in [-0.4, -0.2) is 31.4 Å². The number of carbonyl (C=O) groups is 2. The Morgan fingerprint density at radius 1 is 0.969 bits per heavy atom. The highest BCUT2D eigenvalue weighted by molar-refractivity contribution is 6.08. The summed E-state index contributed by atoms with van der Waals surface area (Å²) in [7, 11) is 0. The molecule has 1 aliphatic heterocycles. The fourth-order valence-electron chi connectivity index (χ4n) is 4.27. The zero-order chi connectivity index (χ0) is 22.5. The minimum absolute atomic E-state index is 0.0229. The molecule has 0 unspecified atom stereocenters. The van der Waals surface area contributed by atoms with E-state index in [0.29, 0.717) is 31.7 Å². The first-order valence-electron chi connectivity index (χ1n) is 11.1. The van der Waals surface area contributed by atoms with Crippen LogP contribution in [0.25, 0.3) is 11.1 Å². The molecule has 1 heterocycles. The van der Waals surface area contributed by atoms with E-state index in [4.69, 9.17) is 0 Å². The van der Waals surface area contributed by atoms with Crippen LogP contribution in [0.15, 0.2) is 66.7 Å². The summed E-state index contributed by atoms with van der Waals surface area (Å²) in [6.45, 7) is 6.25. The average molecular weight is 428 g/mol. The monoisotopic (exact) mass is 427 g/mol. The van der Waals surface area contributed by atoms with Gasteiger partial charge in [-0.3, -0.25) is 9.59 Å². The van der Waals surface area contributed by atoms with E-state index in [1.54, 1.807) is 0 Å². The van der Waals surface area contributed by atoms with Gasteiger partial charge in [0, 0.05) is 44.4 Å². The predicted octanol–water partition coefficient (Wildman–Crippen LogP) is 4.09. The molecule has 32 heavy (non-hydrogen) atoms. The van der Waals surface area contributed by atoms with E-state index in [1.165, 1.54) is 23.6 Å². The summed E-state index contributed by atoms with van der Waals surface area (Å²) in [4.78, 5) is 26.2. The van der Waals surface area contributed by atoms with Gasteiger partial charge in [-0.15, -0.1) is 0 Å². The largest absolute Gasteiger partial charge is 0.355 e. The van der Waals surface area contributed by atoms with Gasteiger partial charge in [-0.2, -0.15) is 0 Å². The number of nitrogens with one attached hydrogen (secondary N) is 2. The second-order valence-corrected chi connectivity index (χ2v) is 8.18. The molecule has 2 N–H and O–H groups in total. The van der Waals surface area contributed by atoms with E-state index in [1.807, 2.05) is 60.4 Å². The van der Waals surface area contributed by atoms with Gasteiger partial charge in [-0.25, -0.2) is 0 Å². The maximum absolute atomic E-state index is 13.4. The topological polar surface area (TPSA) is 61.4 Å². The Kier molecular flexibility index (Phi) is 6.66. The number of aryl methyl sites for hydroxylation is 1. The first-order valence-corrected chi connectivity index (χ1v) is 11.1. The molecule has 0 fully saturated rings. The van der Waals surface area contributed by atoms with Gasteiger partial charge in [0.05, 0.1) is 0 Å². The summed E-state index contributed by atoms with van der Waals surface area (Å²) in [5, 5.41) is 6.10. The van der Waals surface area contributed by atoms with Crippen molar-refractivity contribution in [3.63, 3.8) is 0 Å². The zero-order valence-electron chi connectivity index (χ0n) is 18.7. The lowest BCUT2D eigenvalue weighted by molar-refractivity contribution is -0.118. The fourth-order valence-corrected chi connectivity index (χ4v) is 4.27. The van der Waals surface area contributed by atoms with E-state index in [0.717, 1.165) is 23.2 Å². The van der Waals surface area contributed by atoms with Crippen molar-refractivity contribution in [3.05, 3.63) is 89.0 Å². The molecule has 0 spiro atoms. The third-order valence-corrected chi connectivity index (χ3v) is 5.94. The quantitative estimate of drug-likeness (QED) is 0.559. The summed E-state index contributed by atoms with van der Waals surface area (Å²) >= 11 is 0. The maximum atomic E-state index is 13.4. The Morgan fingerprint density at radius 2 is 1.78 bits per heavy atom. The summed E-state index contributed by atoms with van der Waals surface area (Å²) in [5.74, 6) is 0.0208. The standard InChI is InChI=1S/C27H29N3O2/c1-19-17-22(11-12-23(19)18-28-14-15-29-20(2)31)27(32)30-16-13-25-24(9-6-10-26(25)30)21-7-4-3-5-8-21/h3-12,17,28H,13-16,18H2,1-2H3,(H,29,31). The molecule has 0 aliphatic carbocycles. The molecule has 4 rings (SSSR count). The summed E-state index contributed by atoms with van der Waals surface area (Å²) in [6.07, 6.45) is 0.863. The Balaban J connectivity index is 1.47. The molecule has 5 heteroatoms. The van der Waals surface area contributed by atoms with Crippen LogP contribution in [0, 0.1) is 6.92 Å². The van der Waals surface area contributed by atoms with E-state index < -0.39 is 0 Å². The number of amides is 2. The molecule has 3 aromatic carbocycles. The highest BCUT2D eigenvalue weighted by Crippen LogP contribution is 2.36. The number of benzene rings is 3. The van der Waals surface area contributed by atoms with Crippen molar-refractivity contribution in [3.8, 4) is 11.1 Å². The van der Waals surface area contributed by atoms with Crippen LogP contribution in [-0.2, 0) is 17.8 Å². The molecular weight excluding hydrogens is 398 g/mol. The van der Waals surface area contributed by atoms with Gasteiger partial charge in [-0.05, 0) is 59.4 Å². The van der Waals surface area contributed by atoms with E-state index in [9.17, 15) is 9.59 Å². The zero-order valence-corrected chi connectivity index (χ0v) is 18.7. The van der Waals surface area contributed by atoms with Crippen LogP contribution in [0.1, 0.15) is 34.0 Å². The number of anilines is 1. The first kappa shape index (κ1) is 21.8. The third-order valence-electron chi connectivity index (χ3n) is 5.94. The SMILES string of the molecule is CC(=O)NCCNCc1ccc(C(=O)N2CCc3c(-c4ccccc4)cccc32)cc1C. The molecular formula is C27H29N3O2. The Hall–Kier alpha value is -3.44. The smallest absolute Gasteiger partial charge is 0.258 e. The van der Waals surface area contributed by atoms with Crippen molar-refractivity contribution in [2.75, 3.05) is 24.5 Å². The Morgan fingerprint density at radius 3 is 2.53 bits per heavy atom. The predicted molar refractivity (Wildman–Crippen MR) is 129 cm³/mol. The number of rotatable bonds is 7. The van der Waals surface area contributed by atoms with Crippen LogP contribution in [0.2, 0.25) is 0 Å². The molecule has 0 bridgehead atoms. The van der Waals surface area contributed by atoms with E-state index >= 15 is 0 Å². The third kappa shape index (κ3) is 4.73. The highest BCUT2D eigenvalue weighted by Gasteiger charge is 2.27. The molecule has 164 valence electrons. The van der Waals surface area contributed by atoms with Crippen molar-refractivity contribution in [1.29, 1.82) is 0 Å². The second-order valence-electron chi connectivity index (χ2n) is 8.18. The van der Waals surface area contributed by atoms with Crippen molar-refractivity contribution in [2.45, 2.75) is 26.8 Å². The minimum Gasteiger partial charge on any atom is -0.355 e. The summed E-state index contributed by atoms with van der Waals surface area (Å²) < 4.78 is 0. The van der Waals surface area contributed by atoms with Gasteiger partial charge in [0.25, 0.3) is 5.91 Å². The van der Waals surface area contributed by atoms with Crippen LogP contribution < -0.4 is 15.5 Å². The van der Waals surface area contributed by atoms with Gasteiger partial charge in [0.2, 0.25) is 5.91 Å². The average Bonchev–Trinajstić information content (AvgIpc) is 3.24. The lowest BCUT2D eigenvalue weighted by Crippen LogP contribution is -2.30. The minimum atomic E-state index is -0.0229. The van der Waals surface area contributed by atoms with Gasteiger partial charge in [-0.1, -0.05) is 48.5 Å². The van der Waals surface area contributed by atoms with Crippen LogP contribution >= 0.6 is 0 Å². The molecule has 0 radical (unpaired) electrons. The van der Waals surface area contributed by atoms with E-state index in [-0.39, 0.29) is 11.8 Å². The number of fused-ring (bicyclic) bond motifs is 1. The number of hydrogen-bond donors (Lipinski definition) is 2. The lowest BCUT2D eigenvalue weighted by Gasteiger charge is -2.19. The van der Waals surface area contributed by atoms with Gasteiger partial charge in [0.15, 0.2) is 0 Å². The summed E-state index contributed by atoms with van der Waals surface area (Å²) in [6, 6.07) is 22.5. The molecule has 5 nitrogen and oxygen atoms in total. The molecule has 2 amide bonds. The number of carbonyl (C=O) groups excluding carboxylic acids is 2. The molecule has 3 aromatic rings. The molecule has 1 aliphatic rings. The number of nitrogens with zero attached hydrogens (tertiary/aromatic N) is 1. The molecule has 0 saturated heterocycles. The fraction of sp³-hybridized carbons (Fsp3) is 0.259. The van der Waals surface area contributed by atoms with Crippen molar-refractivity contribution >= 4 is 17.5 Å². The molecule has 0 atom stereocenters. The van der Waals surface area contributed by atoms with Crippen molar-refractivity contribution in [2.24, 2.45) is 0 Å². The molecule has 0 saturated carbocycles. The Labute approximate surface area is 189 Å². The number of hydrogen-bond acceptors (Lipinski definition) is 3. The Bertz CT molecular complexity index is 1130. The van der Waals surface area contributed by atoms with Crippen molar-refractivity contribution < 1.29 is 9.59 Å². The van der Waals surface area contributed by atoms with E-state index in [2.05, 4.69) is 28.8 Å². The van der Waals surface area contributed by atoms with Crippen LogP contribution in [0.5, 0.6) is 0 Å². The summed E-state index contributed by atoms with van der Waals surface area (Å²) in [5.41, 5.74) is 7.59. The maximum Gasteiger partial charge on any atom is 0.258 e. The normalized spacial score (nSPS) is 12.5. The van der Waals surface area contributed by atoms with Gasteiger partial charge < -0.3 is 15.5 Å². The van der Waals surface area contributed by atoms with Gasteiger partial charge in [0.1, 0.15) is 0 Å². The highest BCUT2D eigenvalue weighted by atomic mass is 16.2. The first-order chi connectivity index (χ1) is 15.5. The second kappa shape index (κ2) is 9.79. The molecule has 0 aromatic heterocycles.